The van der Waals surface area contributed by atoms with Crippen molar-refractivity contribution in [3.8, 4) is 0 Å². The van der Waals surface area contributed by atoms with Crippen LogP contribution in [0.15, 0.2) is 71.5 Å². The first-order valence-electron chi connectivity index (χ1n) is 8.72. The molecule has 4 aromatic rings. The minimum atomic E-state index is -0.350. The standard InChI is InChI=1S/C22H18N2O3/c1-15-5-4-8-20-23-19(13-21(25)24(15)20)14-27-22(26)12-16-9-10-17-6-2-3-7-18(17)11-16/h2-11,13H,12,14H2,1H3. The molecule has 0 saturated carbocycles. The second kappa shape index (κ2) is 7.03. The highest BCUT2D eigenvalue weighted by atomic mass is 16.5. The van der Waals surface area contributed by atoms with Gasteiger partial charge in [0.1, 0.15) is 12.3 Å². The first-order chi connectivity index (χ1) is 13.1. The Morgan fingerprint density at radius 1 is 1.00 bits per heavy atom. The maximum atomic E-state index is 12.3. The molecule has 5 nitrogen and oxygen atoms in total. The van der Waals surface area contributed by atoms with Crippen molar-refractivity contribution in [3.05, 3.63) is 94.0 Å². The molecule has 0 aliphatic heterocycles. The molecule has 0 fully saturated rings. The van der Waals surface area contributed by atoms with E-state index < -0.39 is 0 Å². The highest BCUT2D eigenvalue weighted by Crippen LogP contribution is 2.16. The molecule has 0 bridgehead atoms. The monoisotopic (exact) mass is 358 g/mol. The van der Waals surface area contributed by atoms with E-state index in [0.717, 1.165) is 22.0 Å². The van der Waals surface area contributed by atoms with Gasteiger partial charge in [-0.15, -0.1) is 0 Å². The molecule has 0 radical (unpaired) electrons. The molecule has 134 valence electrons. The van der Waals surface area contributed by atoms with Gasteiger partial charge in [-0.1, -0.05) is 48.5 Å². The maximum absolute atomic E-state index is 12.3. The lowest BCUT2D eigenvalue weighted by atomic mass is 10.1. The number of ether oxygens (including phenoxy) is 1. The van der Waals surface area contributed by atoms with Crippen molar-refractivity contribution in [1.82, 2.24) is 9.38 Å². The number of hydrogen-bond acceptors (Lipinski definition) is 4. The smallest absolute Gasteiger partial charge is 0.310 e. The van der Waals surface area contributed by atoms with Crippen LogP contribution in [0, 0.1) is 6.92 Å². The van der Waals surface area contributed by atoms with Gasteiger partial charge in [-0.3, -0.25) is 14.0 Å². The topological polar surface area (TPSA) is 60.7 Å². The van der Waals surface area contributed by atoms with Gasteiger partial charge in [0.25, 0.3) is 5.56 Å². The number of carbonyl (C=O) groups excluding carboxylic acids is 1. The van der Waals surface area contributed by atoms with Gasteiger partial charge in [-0.05, 0) is 35.4 Å². The lowest BCUT2D eigenvalue weighted by molar-refractivity contribution is -0.144. The number of rotatable bonds is 4. The van der Waals surface area contributed by atoms with Gasteiger partial charge in [0.05, 0.1) is 12.1 Å². The minimum Gasteiger partial charge on any atom is -0.459 e. The van der Waals surface area contributed by atoms with Crippen molar-refractivity contribution < 1.29 is 9.53 Å². The molecule has 2 heterocycles. The van der Waals surface area contributed by atoms with Crippen molar-refractivity contribution in [3.63, 3.8) is 0 Å². The fourth-order valence-corrected chi connectivity index (χ4v) is 3.16. The van der Waals surface area contributed by atoms with Crippen LogP contribution in [0.25, 0.3) is 16.4 Å². The number of hydrogen-bond donors (Lipinski definition) is 0. The molecule has 2 aromatic carbocycles. The van der Waals surface area contributed by atoms with Crippen molar-refractivity contribution in [1.29, 1.82) is 0 Å². The van der Waals surface area contributed by atoms with Crippen LogP contribution < -0.4 is 5.56 Å². The summed E-state index contributed by atoms with van der Waals surface area (Å²) < 4.78 is 6.86. The van der Waals surface area contributed by atoms with Gasteiger partial charge >= 0.3 is 5.97 Å². The van der Waals surface area contributed by atoms with Crippen molar-refractivity contribution in [2.75, 3.05) is 0 Å². The molecule has 0 unspecified atom stereocenters. The van der Waals surface area contributed by atoms with E-state index in [1.54, 1.807) is 6.07 Å². The molecule has 0 amide bonds. The van der Waals surface area contributed by atoms with Gasteiger partial charge in [-0.25, -0.2) is 4.98 Å². The van der Waals surface area contributed by atoms with Crippen molar-refractivity contribution in [2.45, 2.75) is 20.0 Å². The second-order valence-corrected chi connectivity index (χ2v) is 6.47. The summed E-state index contributed by atoms with van der Waals surface area (Å²) in [7, 11) is 0. The van der Waals surface area contributed by atoms with Crippen LogP contribution in [0.3, 0.4) is 0 Å². The average molecular weight is 358 g/mol. The third-order valence-corrected chi connectivity index (χ3v) is 4.48. The van der Waals surface area contributed by atoms with E-state index in [1.165, 1.54) is 10.5 Å². The van der Waals surface area contributed by atoms with E-state index >= 15 is 0 Å². The Labute approximate surface area is 155 Å². The predicted molar refractivity (Wildman–Crippen MR) is 104 cm³/mol. The zero-order valence-corrected chi connectivity index (χ0v) is 14.9. The maximum Gasteiger partial charge on any atom is 0.310 e. The quantitative estimate of drug-likeness (QED) is 0.524. The normalized spacial score (nSPS) is 11.0. The van der Waals surface area contributed by atoms with Gasteiger partial charge in [0.2, 0.25) is 0 Å². The van der Waals surface area contributed by atoms with Gasteiger partial charge in [-0.2, -0.15) is 0 Å². The summed E-state index contributed by atoms with van der Waals surface area (Å²) >= 11 is 0. The molecule has 2 aromatic heterocycles. The molecule has 0 N–H and O–H groups in total. The number of benzene rings is 2. The van der Waals surface area contributed by atoms with E-state index in [9.17, 15) is 9.59 Å². The minimum absolute atomic E-state index is 0.0217. The lowest BCUT2D eigenvalue weighted by Gasteiger charge is -2.08. The summed E-state index contributed by atoms with van der Waals surface area (Å²) in [6.07, 6.45) is 0.177. The highest BCUT2D eigenvalue weighted by molar-refractivity contribution is 5.84. The Hall–Kier alpha value is -3.47. The van der Waals surface area contributed by atoms with E-state index in [0.29, 0.717) is 11.3 Å². The zero-order chi connectivity index (χ0) is 18.8. The second-order valence-electron chi connectivity index (χ2n) is 6.47. The Bertz CT molecular complexity index is 1210. The van der Waals surface area contributed by atoms with Crippen molar-refractivity contribution in [2.24, 2.45) is 0 Å². The molecule has 27 heavy (non-hydrogen) atoms. The number of esters is 1. The molecule has 4 rings (SSSR count). The van der Waals surface area contributed by atoms with Crippen LogP contribution in [-0.2, 0) is 22.6 Å². The summed E-state index contributed by atoms with van der Waals surface area (Å²) in [6, 6.07) is 20.7. The Morgan fingerprint density at radius 2 is 1.81 bits per heavy atom. The Kier molecular flexibility index (Phi) is 4.42. The van der Waals surface area contributed by atoms with E-state index in [4.69, 9.17) is 4.74 Å². The summed E-state index contributed by atoms with van der Waals surface area (Å²) in [5, 5.41) is 2.22. The fourth-order valence-electron chi connectivity index (χ4n) is 3.16. The lowest BCUT2D eigenvalue weighted by Crippen LogP contribution is -2.18. The summed E-state index contributed by atoms with van der Waals surface area (Å²) in [5.74, 6) is -0.350. The Morgan fingerprint density at radius 3 is 2.67 bits per heavy atom. The number of aryl methyl sites for hydroxylation is 1. The van der Waals surface area contributed by atoms with Crippen LogP contribution >= 0.6 is 0 Å². The molecule has 0 aliphatic rings. The molecular weight excluding hydrogens is 340 g/mol. The molecule has 0 atom stereocenters. The number of carbonyl (C=O) groups is 1. The van der Waals surface area contributed by atoms with Crippen LogP contribution in [-0.4, -0.2) is 15.4 Å². The third kappa shape index (κ3) is 3.58. The summed E-state index contributed by atoms with van der Waals surface area (Å²) in [6.45, 7) is 1.82. The van der Waals surface area contributed by atoms with Crippen LogP contribution in [0.5, 0.6) is 0 Å². The first-order valence-corrected chi connectivity index (χ1v) is 8.72. The van der Waals surface area contributed by atoms with Gasteiger partial charge in [0, 0.05) is 11.8 Å². The summed E-state index contributed by atoms with van der Waals surface area (Å²) in [5.41, 5.74) is 2.50. The van der Waals surface area contributed by atoms with Crippen LogP contribution in [0.1, 0.15) is 17.0 Å². The van der Waals surface area contributed by atoms with E-state index in [1.807, 2.05) is 61.5 Å². The van der Waals surface area contributed by atoms with Crippen molar-refractivity contribution >= 4 is 22.4 Å². The number of fused-ring (bicyclic) bond motifs is 2. The molecule has 0 spiro atoms. The molecule has 0 aliphatic carbocycles. The molecular formula is C22H18N2O3. The Balaban J connectivity index is 1.47. The third-order valence-electron chi connectivity index (χ3n) is 4.48. The molecule has 0 saturated heterocycles. The van der Waals surface area contributed by atoms with Crippen LogP contribution in [0.4, 0.5) is 0 Å². The highest BCUT2D eigenvalue weighted by Gasteiger charge is 2.09. The number of nitrogens with zero attached hydrogens (tertiary/aromatic N) is 2. The largest absolute Gasteiger partial charge is 0.459 e. The van der Waals surface area contributed by atoms with Gasteiger partial charge < -0.3 is 4.74 Å². The summed E-state index contributed by atoms with van der Waals surface area (Å²) in [4.78, 5) is 28.9. The predicted octanol–water partition coefficient (Wildman–Crippen LogP) is 3.44. The number of aromatic nitrogens is 2. The molecule has 5 heteroatoms. The first kappa shape index (κ1) is 17.0. The van der Waals surface area contributed by atoms with Crippen LogP contribution in [0.2, 0.25) is 0 Å². The van der Waals surface area contributed by atoms with E-state index in [2.05, 4.69) is 4.98 Å². The van der Waals surface area contributed by atoms with Gasteiger partial charge in [0.15, 0.2) is 0 Å². The zero-order valence-electron chi connectivity index (χ0n) is 14.9. The fraction of sp³-hybridized carbons (Fsp3) is 0.136. The SMILES string of the molecule is Cc1cccc2nc(COC(=O)Cc3ccc4ccccc4c3)cc(=O)n12. The van der Waals surface area contributed by atoms with E-state index in [-0.39, 0.29) is 24.6 Å². The number of pyridine rings is 1. The average Bonchev–Trinajstić information content (AvgIpc) is 2.66.